The number of aliphatic hydroxyl groups is 1. The second kappa shape index (κ2) is 7.32. The van der Waals surface area contributed by atoms with Gasteiger partial charge in [0.15, 0.2) is 0 Å². The first kappa shape index (κ1) is 14.9. The fourth-order valence-electron chi connectivity index (χ4n) is 1.52. The molecule has 1 amide bonds. The molecular formula is C12H16N2O5. The molecular weight excluding hydrogens is 252 g/mol. The number of carboxylic acids is 1. The van der Waals surface area contributed by atoms with Gasteiger partial charge in [-0.1, -0.05) is 6.07 Å². The minimum atomic E-state index is -1.20. The molecule has 0 saturated carbocycles. The largest absolute Gasteiger partial charge is 0.480 e. The summed E-state index contributed by atoms with van der Waals surface area (Å²) in [5, 5.41) is 19.8. The zero-order valence-electron chi connectivity index (χ0n) is 10.3. The molecule has 19 heavy (non-hydrogen) atoms. The van der Waals surface area contributed by atoms with E-state index in [1.165, 1.54) is 10.6 Å². The standard InChI is InChI=1S/C12H16N2O5/c15-8-5-9(12(18)19)13-10(16)4-7-14-6-2-1-3-11(14)17/h1-3,6,9,15H,4-5,7-8H2,(H,13,16)(H,18,19)/t9-/m1/s1. The van der Waals surface area contributed by atoms with Crippen LogP contribution in [0.5, 0.6) is 0 Å². The van der Waals surface area contributed by atoms with Crippen molar-refractivity contribution < 1.29 is 19.8 Å². The van der Waals surface area contributed by atoms with E-state index in [4.69, 9.17) is 10.2 Å². The molecule has 1 heterocycles. The van der Waals surface area contributed by atoms with Crippen molar-refractivity contribution >= 4 is 11.9 Å². The van der Waals surface area contributed by atoms with Gasteiger partial charge in [-0.3, -0.25) is 9.59 Å². The van der Waals surface area contributed by atoms with Crippen LogP contribution in [0.3, 0.4) is 0 Å². The van der Waals surface area contributed by atoms with Crippen LogP contribution in [0.4, 0.5) is 0 Å². The minimum Gasteiger partial charge on any atom is -0.480 e. The van der Waals surface area contributed by atoms with Crippen LogP contribution in [0.25, 0.3) is 0 Å². The summed E-state index contributed by atoms with van der Waals surface area (Å²) < 4.78 is 1.36. The number of aliphatic hydroxyl groups excluding tert-OH is 1. The number of aryl methyl sites for hydroxylation is 1. The maximum absolute atomic E-state index is 11.5. The molecule has 3 N–H and O–H groups in total. The van der Waals surface area contributed by atoms with Gasteiger partial charge in [0.2, 0.25) is 5.91 Å². The van der Waals surface area contributed by atoms with Crippen LogP contribution in [0.1, 0.15) is 12.8 Å². The number of hydrogen-bond donors (Lipinski definition) is 3. The number of aliphatic carboxylic acids is 1. The molecule has 7 heteroatoms. The average molecular weight is 268 g/mol. The molecule has 7 nitrogen and oxygen atoms in total. The van der Waals surface area contributed by atoms with E-state index >= 15 is 0 Å². The third kappa shape index (κ3) is 4.92. The molecule has 0 aliphatic carbocycles. The lowest BCUT2D eigenvalue weighted by Crippen LogP contribution is -2.41. The van der Waals surface area contributed by atoms with E-state index in [1.54, 1.807) is 18.3 Å². The predicted molar refractivity (Wildman–Crippen MR) is 66.6 cm³/mol. The van der Waals surface area contributed by atoms with E-state index in [0.29, 0.717) is 0 Å². The van der Waals surface area contributed by atoms with Gasteiger partial charge in [-0.25, -0.2) is 4.79 Å². The summed E-state index contributed by atoms with van der Waals surface area (Å²) in [7, 11) is 0. The maximum Gasteiger partial charge on any atom is 0.326 e. The summed E-state index contributed by atoms with van der Waals surface area (Å²) in [5.74, 6) is -1.67. The third-order valence-electron chi connectivity index (χ3n) is 2.53. The first-order chi connectivity index (χ1) is 9.04. The number of nitrogens with one attached hydrogen (secondary N) is 1. The number of hydrogen-bond acceptors (Lipinski definition) is 4. The van der Waals surface area contributed by atoms with Gasteiger partial charge in [0.1, 0.15) is 6.04 Å². The van der Waals surface area contributed by atoms with Gasteiger partial charge in [0, 0.05) is 38.3 Å². The summed E-state index contributed by atoms with van der Waals surface area (Å²) in [6, 6.07) is 3.54. The summed E-state index contributed by atoms with van der Waals surface area (Å²) in [5.41, 5.74) is -0.222. The summed E-state index contributed by atoms with van der Waals surface area (Å²) in [6.07, 6.45) is 1.50. The minimum absolute atomic E-state index is 0.000865. The smallest absolute Gasteiger partial charge is 0.326 e. The first-order valence-electron chi connectivity index (χ1n) is 5.83. The van der Waals surface area contributed by atoms with Crippen molar-refractivity contribution in [3.63, 3.8) is 0 Å². The van der Waals surface area contributed by atoms with Gasteiger partial charge in [-0.2, -0.15) is 0 Å². The number of rotatable bonds is 7. The summed E-state index contributed by atoms with van der Waals surface area (Å²) >= 11 is 0. The SMILES string of the molecule is O=C(CCn1ccccc1=O)N[C@H](CCO)C(=O)O. The van der Waals surface area contributed by atoms with E-state index < -0.39 is 17.9 Å². The highest BCUT2D eigenvalue weighted by Crippen LogP contribution is 1.94. The van der Waals surface area contributed by atoms with Gasteiger partial charge in [0.05, 0.1) is 0 Å². The molecule has 0 fully saturated rings. The lowest BCUT2D eigenvalue weighted by molar-refractivity contribution is -0.142. The molecule has 1 atom stereocenters. The van der Waals surface area contributed by atoms with E-state index in [1.807, 2.05) is 0 Å². The van der Waals surface area contributed by atoms with Gasteiger partial charge in [0.25, 0.3) is 5.56 Å². The zero-order valence-corrected chi connectivity index (χ0v) is 10.3. The molecule has 1 rings (SSSR count). The Balaban J connectivity index is 2.49. The second-order valence-corrected chi connectivity index (χ2v) is 3.95. The quantitative estimate of drug-likeness (QED) is 0.599. The second-order valence-electron chi connectivity index (χ2n) is 3.95. The molecule has 1 aromatic rings. The average Bonchev–Trinajstić information content (AvgIpc) is 2.37. The Morgan fingerprint density at radius 1 is 1.37 bits per heavy atom. The molecule has 0 unspecified atom stereocenters. The van der Waals surface area contributed by atoms with Crippen LogP contribution < -0.4 is 10.9 Å². The Morgan fingerprint density at radius 3 is 2.68 bits per heavy atom. The number of carboxylic acid groups (broad SMARTS) is 1. The molecule has 104 valence electrons. The van der Waals surface area contributed by atoms with Crippen LogP contribution in [-0.4, -0.2) is 39.3 Å². The Labute approximate surface area is 109 Å². The van der Waals surface area contributed by atoms with Crippen molar-refractivity contribution in [1.82, 2.24) is 9.88 Å². The number of carbonyl (C=O) groups excluding carboxylic acids is 1. The highest BCUT2D eigenvalue weighted by molar-refractivity contribution is 5.83. The van der Waals surface area contributed by atoms with Crippen molar-refractivity contribution in [3.05, 3.63) is 34.7 Å². The van der Waals surface area contributed by atoms with Gasteiger partial charge in [-0.05, 0) is 6.07 Å². The molecule has 0 bridgehead atoms. The molecule has 0 radical (unpaired) electrons. The van der Waals surface area contributed by atoms with Crippen molar-refractivity contribution in [3.8, 4) is 0 Å². The van der Waals surface area contributed by atoms with E-state index in [9.17, 15) is 14.4 Å². The Kier molecular flexibility index (Phi) is 5.74. The summed E-state index contributed by atoms with van der Waals surface area (Å²) in [6.45, 7) is -0.146. The number of nitrogens with zero attached hydrogens (tertiary/aromatic N) is 1. The van der Waals surface area contributed by atoms with E-state index in [-0.39, 0.29) is 31.6 Å². The normalized spacial score (nSPS) is 11.8. The predicted octanol–water partition coefficient (Wildman–Crippen LogP) is -0.810. The van der Waals surface area contributed by atoms with Crippen molar-refractivity contribution in [2.45, 2.75) is 25.4 Å². The molecule has 0 aromatic carbocycles. The first-order valence-corrected chi connectivity index (χ1v) is 5.83. The van der Waals surface area contributed by atoms with Crippen LogP contribution in [-0.2, 0) is 16.1 Å². The van der Waals surface area contributed by atoms with E-state index in [0.717, 1.165) is 0 Å². The lowest BCUT2D eigenvalue weighted by atomic mass is 10.2. The van der Waals surface area contributed by atoms with Crippen LogP contribution in [0, 0.1) is 0 Å². The zero-order chi connectivity index (χ0) is 14.3. The third-order valence-corrected chi connectivity index (χ3v) is 2.53. The highest BCUT2D eigenvalue weighted by Gasteiger charge is 2.18. The number of aromatic nitrogens is 1. The van der Waals surface area contributed by atoms with Gasteiger partial charge >= 0.3 is 5.97 Å². The van der Waals surface area contributed by atoms with E-state index in [2.05, 4.69) is 5.32 Å². The number of pyridine rings is 1. The van der Waals surface area contributed by atoms with Gasteiger partial charge in [-0.15, -0.1) is 0 Å². The molecule has 0 saturated heterocycles. The van der Waals surface area contributed by atoms with Crippen molar-refractivity contribution in [2.24, 2.45) is 0 Å². The molecule has 0 aliphatic rings. The topological polar surface area (TPSA) is 109 Å². The number of amides is 1. The maximum atomic E-state index is 11.5. The van der Waals surface area contributed by atoms with Gasteiger partial charge < -0.3 is 20.1 Å². The molecule has 1 aromatic heterocycles. The Morgan fingerprint density at radius 2 is 2.11 bits per heavy atom. The summed E-state index contributed by atoms with van der Waals surface area (Å²) in [4.78, 5) is 33.7. The monoisotopic (exact) mass is 268 g/mol. The molecule has 0 spiro atoms. The fraction of sp³-hybridized carbons (Fsp3) is 0.417. The van der Waals surface area contributed by atoms with Crippen LogP contribution >= 0.6 is 0 Å². The van der Waals surface area contributed by atoms with Crippen LogP contribution in [0.2, 0.25) is 0 Å². The molecule has 0 aliphatic heterocycles. The lowest BCUT2D eigenvalue weighted by Gasteiger charge is -2.13. The van der Waals surface area contributed by atoms with Crippen molar-refractivity contribution in [2.75, 3.05) is 6.61 Å². The van der Waals surface area contributed by atoms with Crippen molar-refractivity contribution in [1.29, 1.82) is 0 Å². The van der Waals surface area contributed by atoms with Crippen LogP contribution in [0.15, 0.2) is 29.2 Å². The highest BCUT2D eigenvalue weighted by atomic mass is 16.4. The Hall–Kier alpha value is -2.15. The fourth-order valence-corrected chi connectivity index (χ4v) is 1.52. The Bertz CT molecular complexity index is 497. The number of carbonyl (C=O) groups is 2.